The SMILES string of the molecule is COc1ccccc1C(=O)N[C@]1(S(=O)(=O)c2cccc(Cl)c2C)CCCNC1. The number of carbonyl (C=O) groups is 1. The van der Waals surface area contributed by atoms with E-state index in [1.165, 1.54) is 13.2 Å². The highest BCUT2D eigenvalue weighted by molar-refractivity contribution is 7.93. The molecule has 1 aliphatic rings. The van der Waals surface area contributed by atoms with Crippen LogP contribution in [0.5, 0.6) is 5.75 Å². The Hall–Kier alpha value is -2.09. The molecule has 0 saturated carbocycles. The minimum atomic E-state index is -3.92. The molecule has 0 bridgehead atoms. The third-order valence-corrected chi connectivity index (χ3v) is 7.97. The monoisotopic (exact) mass is 422 g/mol. The number of rotatable bonds is 5. The summed E-state index contributed by atoms with van der Waals surface area (Å²) < 4.78 is 32.6. The number of hydrogen-bond donors (Lipinski definition) is 2. The van der Waals surface area contributed by atoms with Crippen molar-refractivity contribution in [3.8, 4) is 5.75 Å². The van der Waals surface area contributed by atoms with E-state index in [4.69, 9.17) is 16.3 Å². The molecule has 2 aromatic carbocycles. The van der Waals surface area contributed by atoms with Crippen LogP contribution in [-0.2, 0) is 9.84 Å². The molecule has 1 fully saturated rings. The summed E-state index contributed by atoms with van der Waals surface area (Å²) >= 11 is 6.16. The number of hydrogen-bond acceptors (Lipinski definition) is 5. The van der Waals surface area contributed by atoms with Gasteiger partial charge in [0.25, 0.3) is 5.91 Å². The van der Waals surface area contributed by atoms with Crippen molar-refractivity contribution in [2.45, 2.75) is 29.5 Å². The Labute approximate surface area is 170 Å². The molecule has 1 amide bonds. The van der Waals surface area contributed by atoms with Crippen LogP contribution in [0.4, 0.5) is 0 Å². The van der Waals surface area contributed by atoms with Gasteiger partial charge < -0.3 is 15.4 Å². The van der Waals surface area contributed by atoms with Crippen molar-refractivity contribution in [1.82, 2.24) is 10.6 Å². The molecule has 0 unspecified atom stereocenters. The van der Waals surface area contributed by atoms with Crippen LogP contribution in [0, 0.1) is 6.92 Å². The molecule has 1 atom stereocenters. The highest BCUT2D eigenvalue weighted by Gasteiger charge is 2.47. The van der Waals surface area contributed by atoms with E-state index in [0.717, 1.165) is 0 Å². The maximum absolute atomic E-state index is 13.7. The van der Waals surface area contributed by atoms with Crippen molar-refractivity contribution in [2.24, 2.45) is 0 Å². The van der Waals surface area contributed by atoms with Gasteiger partial charge in [-0.15, -0.1) is 0 Å². The smallest absolute Gasteiger partial charge is 0.256 e. The third kappa shape index (κ3) is 3.62. The van der Waals surface area contributed by atoms with Crippen LogP contribution in [0.3, 0.4) is 0 Å². The molecule has 28 heavy (non-hydrogen) atoms. The number of halogens is 1. The average molecular weight is 423 g/mol. The summed E-state index contributed by atoms with van der Waals surface area (Å²) in [5.74, 6) is -0.111. The lowest BCUT2D eigenvalue weighted by atomic mass is 10.1. The molecule has 8 heteroatoms. The molecule has 0 spiro atoms. The summed E-state index contributed by atoms with van der Waals surface area (Å²) in [6.45, 7) is 2.47. The van der Waals surface area contributed by atoms with Gasteiger partial charge >= 0.3 is 0 Å². The maximum Gasteiger partial charge on any atom is 0.256 e. The van der Waals surface area contributed by atoms with E-state index in [1.807, 2.05) is 0 Å². The van der Waals surface area contributed by atoms with Gasteiger partial charge in [0.15, 0.2) is 4.87 Å². The molecule has 0 aliphatic carbocycles. The fourth-order valence-electron chi connectivity index (χ4n) is 3.48. The van der Waals surface area contributed by atoms with Crippen molar-refractivity contribution >= 4 is 27.3 Å². The lowest BCUT2D eigenvalue weighted by Crippen LogP contribution is -2.62. The van der Waals surface area contributed by atoms with Crippen LogP contribution in [0.2, 0.25) is 5.02 Å². The molecule has 1 aliphatic heterocycles. The summed E-state index contributed by atoms with van der Waals surface area (Å²) in [6.07, 6.45) is 0.917. The summed E-state index contributed by atoms with van der Waals surface area (Å²) in [5, 5.41) is 6.28. The van der Waals surface area contributed by atoms with Crippen molar-refractivity contribution in [2.75, 3.05) is 20.2 Å². The van der Waals surface area contributed by atoms with Crippen LogP contribution in [-0.4, -0.2) is 39.4 Å². The van der Waals surface area contributed by atoms with Gasteiger partial charge in [-0.1, -0.05) is 29.8 Å². The van der Waals surface area contributed by atoms with Crippen LogP contribution < -0.4 is 15.4 Å². The van der Waals surface area contributed by atoms with E-state index in [1.54, 1.807) is 43.3 Å². The molecule has 3 rings (SSSR count). The zero-order chi connectivity index (χ0) is 20.4. The first kappa shape index (κ1) is 20.6. The van der Waals surface area contributed by atoms with Crippen molar-refractivity contribution in [3.63, 3.8) is 0 Å². The number of piperidine rings is 1. The minimum Gasteiger partial charge on any atom is -0.496 e. The quantitative estimate of drug-likeness (QED) is 0.773. The number of para-hydroxylation sites is 1. The van der Waals surface area contributed by atoms with Crippen molar-refractivity contribution in [1.29, 1.82) is 0 Å². The molecule has 0 aromatic heterocycles. The zero-order valence-corrected chi connectivity index (χ0v) is 17.4. The van der Waals surface area contributed by atoms with E-state index in [9.17, 15) is 13.2 Å². The first-order valence-electron chi connectivity index (χ1n) is 8.98. The largest absolute Gasteiger partial charge is 0.496 e. The summed E-state index contributed by atoms with van der Waals surface area (Å²) in [7, 11) is -2.45. The molecule has 6 nitrogen and oxygen atoms in total. The Morgan fingerprint density at radius 2 is 1.96 bits per heavy atom. The van der Waals surface area contributed by atoms with Gasteiger partial charge in [0, 0.05) is 11.6 Å². The Kier molecular flexibility index (Phi) is 5.98. The summed E-state index contributed by atoms with van der Waals surface area (Å²) in [4.78, 5) is 11.7. The van der Waals surface area contributed by atoms with Crippen LogP contribution in [0.1, 0.15) is 28.8 Å². The lowest BCUT2D eigenvalue weighted by molar-refractivity contribution is 0.0913. The lowest BCUT2D eigenvalue weighted by Gasteiger charge is -2.38. The molecule has 0 radical (unpaired) electrons. The van der Waals surface area contributed by atoms with E-state index in [-0.39, 0.29) is 17.0 Å². The molecule has 1 saturated heterocycles. The number of carbonyl (C=O) groups excluding carboxylic acids is 1. The number of sulfone groups is 1. The normalized spacial score (nSPS) is 19.8. The van der Waals surface area contributed by atoms with Crippen LogP contribution in [0.25, 0.3) is 0 Å². The van der Waals surface area contributed by atoms with Gasteiger partial charge in [-0.05, 0) is 56.1 Å². The van der Waals surface area contributed by atoms with Gasteiger partial charge in [-0.25, -0.2) is 8.42 Å². The number of ether oxygens (including phenoxy) is 1. The third-order valence-electron chi connectivity index (χ3n) is 5.06. The molecule has 1 heterocycles. The minimum absolute atomic E-state index is 0.113. The average Bonchev–Trinajstić information content (AvgIpc) is 2.70. The Morgan fingerprint density at radius 1 is 1.21 bits per heavy atom. The second kappa shape index (κ2) is 8.11. The van der Waals surface area contributed by atoms with Gasteiger partial charge in [-0.3, -0.25) is 4.79 Å². The second-order valence-corrected chi connectivity index (χ2v) is 9.43. The molecular weight excluding hydrogens is 400 g/mol. The van der Waals surface area contributed by atoms with Crippen molar-refractivity contribution < 1.29 is 17.9 Å². The predicted octanol–water partition coefficient (Wildman–Crippen LogP) is 2.94. The van der Waals surface area contributed by atoms with Gasteiger partial charge in [0.2, 0.25) is 9.84 Å². The fraction of sp³-hybridized carbons (Fsp3) is 0.350. The number of nitrogens with one attached hydrogen (secondary N) is 2. The Balaban J connectivity index is 2.06. The van der Waals surface area contributed by atoms with E-state index < -0.39 is 20.6 Å². The summed E-state index contributed by atoms with van der Waals surface area (Å²) in [5.41, 5.74) is 0.758. The standard InChI is InChI=1S/C20H23ClN2O4S/c1-14-16(21)8-5-10-18(14)28(25,26)20(11-6-12-22-13-20)23-19(24)15-7-3-4-9-17(15)27-2/h3-5,7-10,22H,6,11-13H2,1-2H3,(H,23,24)/t20-/m0/s1. The molecule has 2 aromatic rings. The fourth-order valence-corrected chi connectivity index (χ4v) is 5.83. The van der Waals surface area contributed by atoms with Crippen LogP contribution >= 0.6 is 11.6 Å². The van der Waals surface area contributed by atoms with Crippen molar-refractivity contribution in [3.05, 3.63) is 58.6 Å². The Bertz CT molecular complexity index is 985. The first-order chi connectivity index (χ1) is 13.3. The predicted molar refractivity (Wildman–Crippen MR) is 109 cm³/mol. The van der Waals surface area contributed by atoms with E-state index in [0.29, 0.717) is 35.7 Å². The molecular formula is C20H23ClN2O4S. The molecule has 150 valence electrons. The number of amides is 1. The topological polar surface area (TPSA) is 84.5 Å². The van der Waals surface area contributed by atoms with Gasteiger partial charge in [-0.2, -0.15) is 0 Å². The zero-order valence-electron chi connectivity index (χ0n) is 15.8. The first-order valence-corrected chi connectivity index (χ1v) is 10.8. The van der Waals surface area contributed by atoms with E-state index in [2.05, 4.69) is 10.6 Å². The number of methoxy groups -OCH3 is 1. The van der Waals surface area contributed by atoms with E-state index >= 15 is 0 Å². The van der Waals surface area contributed by atoms with Crippen LogP contribution in [0.15, 0.2) is 47.4 Å². The summed E-state index contributed by atoms with van der Waals surface area (Å²) in [6, 6.07) is 11.5. The maximum atomic E-state index is 13.7. The van der Waals surface area contributed by atoms with Gasteiger partial charge in [0.1, 0.15) is 5.75 Å². The highest BCUT2D eigenvalue weighted by atomic mass is 35.5. The Morgan fingerprint density at radius 3 is 2.64 bits per heavy atom. The second-order valence-electron chi connectivity index (χ2n) is 6.80. The van der Waals surface area contributed by atoms with Gasteiger partial charge in [0.05, 0.1) is 17.6 Å². The highest BCUT2D eigenvalue weighted by Crippen LogP contribution is 2.34. The molecule has 2 N–H and O–H groups in total. The number of benzene rings is 2.